The normalized spacial score (nSPS) is 24.5. The minimum Gasteiger partial charge on any atom is -0.461 e. The van der Waals surface area contributed by atoms with E-state index in [2.05, 4.69) is 19.8 Å². The van der Waals surface area contributed by atoms with E-state index in [-0.39, 0.29) is 33.9 Å². The van der Waals surface area contributed by atoms with E-state index < -0.39 is 12.2 Å². The molecule has 4 fully saturated rings. The van der Waals surface area contributed by atoms with Gasteiger partial charge >= 0.3 is 6.01 Å². The number of benzene rings is 1. The zero-order valence-electron chi connectivity index (χ0n) is 21.4. The quantitative estimate of drug-likeness (QED) is 0.394. The maximum atomic E-state index is 16.2. The fourth-order valence-corrected chi connectivity index (χ4v) is 7.46. The first-order chi connectivity index (χ1) is 18.5. The van der Waals surface area contributed by atoms with Crippen molar-refractivity contribution in [3.63, 3.8) is 0 Å². The SMILES string of the molecule is Fc1c(-c2ccccc2C(F)F)ncc2c(N3CC4CCC(C4)C3)nc(OCC34CCCN3CCC4)nc12. The average Bonchev–Trinajstić information content (AvgIpc) is 3.61. The summed E-state index contributed by atoms with van der Waals surface area (Å²) in [5, 5.41) is 0.496. The highest BCUT2D eigenvalue weighted by atomic mass is 19.3. The van der Waals surface area contributed by atoms with Crippen LogP contribution in [0, 0.1) is 17.7 Å². The molecule has 1 aromatic carbocycles. The molecule has 4 aliphatic rings. The molecule has 1 saturated carbocycles. The number of pyridine rings is 1. The molecule has 0 N–H and O–H groups in total. The highest BCUT2D eigenvalue weighted by Gasteiger charge is 2.45. The summed E-state index contributed by atoms with van der Waals surface area (Å²) < 4.78 is 49.9. The Kier molecular flexibility index (Phi) is 5.94. The summed E-state index contributed by atoms with van der Waals surface area (Å²) in [7, 11) is 0. The molecule has 2 unspecified atom stereocenters. The fraction of sp³-hybridized carbons (Fsp3) is 0.552. The van der Waals surface area contributed by atoms with Gasteiger partial charge in [-0.15, -0.1) is 0 Å². The van der Waals surface area contributed by atoms with Crippen molar-refractivity contribution in [2.45, 2.75) is 56.9 Å². The summed E-state index contributed by atoms with van der Waals surface area (Å²) in [6.45, 7) is 4.35. The summed E-state index contributed by atoms with van der Waals surface area (Å²) in [4.78, 5) is 18.4. The molecule has 200 valence electrons. The van der Waals surface area contributed by atoms with E-state index in [0.29, 0.717) is 29.6 Å². The number of aromatic nitrogens is 3. The molecule has 3 saturated heterocycles. The van der Waals surface area contributed by atoms with E-state index in [4.69, 9.17) is 9.72 Å². The number of halogens is 3. The van der Waals surface area contributed by atoms with Gasteiger partial charge in [0.15, 0.2) is 5.82 Å². The van der Waals surface area contributed by atoms with Gasteiger partial charge in [0.05, 0.1) is 10.9 Å². The van der Waals surface area contributed by atoms with Crippen molar-refractivity contribution < 1.29 is 17.9 Å². The van der Waals surface area contributed by atoms with Gasteiger partial charge in [-0.25, -0.2) is 13.2 Å². The van der Waals surface area contributed by atoms with Crippen LogP contribution in [0.1, 0.15) is 56.9 Å². The van der Waals surface area contributed by atoms with Crippen molar-refractivity contribution in [1.82, 2.24) is 19.9 Å². The molecule has 1 aliphatic carbocycles. The zero-order chi connectivity index (χ0) is 25.9. The van der Waals surface area contributed by atoms with E-state index in [9.17, 15) is 8.78 Å². The minimum atomic E-state index is -2.74. The molecule has 7 rings (SSSR count). The van der Waals surface area contributed by atoms with Gasteiger partial charge in [0.2, 0.25) is 0 Å². The smallest absolute Gasteiger partial charge is 0.319 e. The lowest BCUT2D eigenvalue weighted by atomic mass is 9.95. The van der Waals surface area contributed by atoms with Crippen LogP contribution in [0.3, 0.4) is 0 Å². The number of fused-ring (bicyclic) bond motifs is 4. The second-order valence-corrected chi connectivity index (χ2v) is 11.6. The van der Waals surface area contributed by atoms with Gasteiger partial charge in [0, 0.05) is 30.4 Å². The highest BCUT2D eigenvalue weighted by Crippen LogP contribution is 2.42. The molecule has 3 aliphatic heterocycles. The number of hydrogen-bond donors (Lipinski definition) is 0. The van der Waals surface area contributed by atoms with Crippen LogP contribution >= 0.6 is 0 Å². The van der Waals surface area contributed by atoms with Crippen molar-refractivity contribution in [2.75, 3.05) is 37.7 Å². The Balaban J connectivity index is 1.32. The van der Waals surface area contributed by atoms with Gasteiger partial charge in [-0.2, -0.15) is 9.97 Å². The summed E-state index contributed by atoms with van der Waals surface area (Å²) >= 11 is 0. The maximum absolute atomic E-state index is 16.2. The summed E-state index contributed by atoms with van der Waals surface area (Å²) in [5.74, 6) is 1.12. The molecule has 3 aromatic rings. The van der Waals surface area contributed by atoms with Gasteiger partial charge in [-0.1, -0.05) is 24.3 Å². The van der Waals surface area contributed by atoms with Crippen molar-refractivity contribution in [3.8, 4) is 17.3 Å². The molecule has 6 nitrogen and oxygen atoms in total. The van der Waals surface area contributed by atoms with Gasteiger partial charge in [-0.3, -0.25) is 9.88 Å². The fourth-order valence-electron chi connectivity index (χ4n) is 7.46. The van der Waals surface area contributed by atoms with E-state index >= 15 is 4.39 Å². The van der Waals surface area contributed by atoms with Crippen LogP contribution in [-0.4, -0.2) is 58.2 Å². The molecule has 9 heteroatoms. The zero-order valence-corrected chi connectivity index (χ0v) is 21.4. The number of piperidine rings is 1. The van der Waals surface area contributed by atoms with Crippen LogP contribution in [0.2, 0.25) is 0 Å². The molecule has 0 radical (unpaired) electrons. The number of alkyl halides is 2. The lowest BCUT2D eigenvalue weighted by Crippen LogP contribution is -2.43. The van der Waals surface area contributed by atoms with Crippen LogP contribution < -0.4 is 9.64 Å². The first-order valence-electron chi connectivity index (χ1n) is 13.9. The summed E-state index contributed by atoms with van der Waals surface area (Å²) in [6.07, 6.45) is 6.88. The Hall–Kier alpha value is -2.94. The third-order valence-corrected chi connectivity index (χ3v) is 9.28. The number of rotatable bonds is 6. The monoisotopic (exact) mass is 523 g/mol. The molecular formula is C29H32F3N5O. The number of anilines is 1. The van der Waals surface area contributed by atoms with E-state index in [0.717, 1.165) is 51.9 Å². The molecule has 2 bridgehead atoms. The van der Waals surface area contributed by atoms with Gasteiger partial charge < -0.3 is 9.64 Å². The van der Waals surface area contributed by atoms with E-state index in [1.54, 1.807) is 12.3 Å². The number of hydrogen-bond acceptors (Lipinski definition) is 6. The predicted molar refractivity (Wildman–Crippen MR) is 139 cm³/mol. The number of nitrogens with zero attached hydrogens (tertiary/aromatic N) is 5. The highest BCUT2D eigenvalue weighted by molar-refractivity contribution is 5.92. The van der Waals surface area contributed by atoms with Crippen LogP contribution in [0.25, 0.3) is 22.2 Å². The standard InChI is InChI=1S/C29H32F3N5O/c30-23-24(20-5-1-2-6-21(20)26(31)32)33-14-22-25(23)34-28(38-17-29-9-3-11-37(29)12-4-10-29)35-27(22)36-15-18-7-8-19(13-18)16-36/h1-2,5-6,14,18-19,26H,3-4,7-13,15-17H2. The molecule has 5 heterocycles. The van der Waals surface area contributed by atoms with Crippen LogP contribution in [-0.2, 0) is 0 Å². The Morgan fingerprint density at radius 3 is 2.50 bits per heavy atom. The molecule has 0 amide bonds. The van der Waals surface area contributed by atoms with Gasteiger partial charge in [-0.05, 0) is 69.9 Å². The van der Waals surface area contributed by atoms with Crippen LogP contribution in [0.15, 0.2) is 30.5 Å². The molecular weight excluding hydrogens is 491 g/mol. The minimum absolute atomic E-state index is 0.000859. The Morgan fingerprint density at radius 2 is 1.76 bits per heavy atom. The molecule has 0 spiro atoms. The molecule has 2 aromatic heterocycles. The third kappa shape index (κ3) is 4.01. The van der Waals surface area contributed by atoms with Gasteiger partial charge in [0.25, 0.3) is 6.43 Å². The second kappa shape index (κ2) is 9.36. The lowest BCUT2D eigenvalue weighted by Gasteiger charge is -2.34. The molecule has 38 heavy (non-hydrogen) atoms. The van der Waals surface area contributed by atoms with Crippen molar-refractivity contribution in [1.29, 1.82) is 0 Å². The Bertz CT molecular complexity index is 1350. The average molecular weight is 524 g/mol. The topological polar surface area (TPSA) is 54.4 Å². The third-order valence-electron chi connectivity index (χ3n) is 9.28. The molecule has 2 atom stereocenters. The summed E-state index contributed by atoms with van der Waals surface area (Å²) in [6, 6.07) is 6.08. The first kappa shape index (κ1) is 24.1. The lowest BCUT2D eigenvalue weighted by molar-refractivity contribution is 0.108. The van der Waals surface area contributed by atoms with E-state index in [1.807, 2.05) is 0 Å². The van der Waals surface area contributed by atoms with Crippen molar-refractivity contribution in [3.05, 3.63) is 41.8 Å². The largest absolute Gasteiger partial charge is 0.461 e. The Labute approximate surface area is 220 Å². The second-order valence-electron chi connectivity index (χ2n) is 11.6. The van der Waals surface area contributed by atoms with Crippen molar-refractivity contribution >= 4 is 16.7 Å². The van der Waals surface area contributed by atoms with Gasteiger partial charge in [0.1, 0.15) is 23.6 Å². The first-order valence-corrected chi connectivity index (χ1v) is 13.9. The Morgan fingerprint density at radius 1 is 1.03 bits per heavy atom. The predicted octanol–water partition coefficient (Wildman–Crippen LogP) is 6.01. The van der Waals surface area contributed by atoms with Crippen LogP contribution in [0.4, 0.5) is 19.0 Å². The summed E-state index contributed by atoms with van der Waals surface area (Å²) in [5.41, 5.74) is -0.227. The van der Waals surface area contributed by atoms with Crippen LogP contribution in [0.5, 0.6) is 6.01 Å². The number of ether oxygens (including phenoxy) is 1. The van der Waals surface area contributed by atoms with Crippen molar-refractivity contribution in [2.24, 2.45) is 11.8 Å². The maximum Gasteiger partial charge on any atom is 0.319 e. The van der Waals surface area contributed by atoms with E-state index in [1.165, 1.54) is 37.5 Å².